The first-order chi connectivity index (χ1) is 15.3. The van der Waals surface area contributed by atoms with Gasteiger partial charge >= 0.3 is 5.97 Å². The number of halogens is 3. The van der Waals surface area contributed by atoms with Crippen LogP contribution in [0.3, 0.4) is 0 Å². The molecular formula is C23H22Cl3N3O3. The summed E-state index contributed by atoms with van der Waals surface area (Å²) in [5.74, 6) is -0.0570. The average molecular weight is 495 g/mol. The lowest BCUT2D eigenvalue weighted by atomic mass is 10.0. The van der Waals surface area contributed by atoms with Crippen molar-refractivity contribution < 1.29 is 14.6 Å². The SMILES string of the molecule is C=C(O)CC(=O)OC(CC)c1ccc(Cl)c2nc3n(c12)CCCN3c1ccc(Cl)cc1Cl. The van der Waals surface area contributed by atoms with Gasteiger partial charge in [-0.3, -0.25) is 4.79 Å². The minimum atomic E-state index is -0.541. The molecule has 1 aliphatic rings. The molecule has 0 amide bonds. The fourth-order valence-electron chi connectivity index (χ4n) is 4.05. The van der Waals surface area contributed by atoms with Gasteiger partial charge in [0.15, 0.2) is 0 Å². The molecule has 0 saturated heterocycles. The number of benzene rings is 2. The topological polar surface area (TPSA) is 67.6 Å². The number of carbonyl (C=O) groups is 1. The maximum Gasteiger partial charge on any atom is 0.314 e. The number of nitrogens with zero attached hydrogens (tertiary/aromatic N) is 3. The maximum atomic E-state index is 12.2. The van der Waals surface area contributed by atoms with Gasteiger partial charge in [-0.1, -0.05) is 54.4 Å². The molecule has 3 aromatic rings. The Morgan fingerprint density at radius 1 is 1.22 bits per heavy atom. The zero-order valence-corrected chi connectivity index (χ0v) is 19.7. The van der Waals surface area contributed by atoms with Crippen LogP contribution in [0.25, 0.3) is 11.0 Å². The summed E-state index contributed by atoms with van der Waals surface area (Å²) in [6.45, 7) is 6.76. The maximum absolute atomic E-state index is 12.2. The lowest BCUT2D eigenvalue weighted by Crippen LogP contribution is -2.28. The Hall–Kier alpha value is -2.41. The highest BCUT2D eigenvalue weighted by atomic mass is 35.5. The lowest BCUT2D eigenvalue weighted by molar-refractivity contribution is -0.149. The van der Waals surface area contributed by atoms with Crippen LogP contribution in [0.1, 0.15) is 37.9 Å². The van der Waals surface area contributed by atoms with Gasteiger partial charge in [-0.25, -0.2) is 4.98 Å². The smallest absolute Gasteiger partial charge is 0.314 e. The van der Waals surface area contributed by atoms with Crippen LogP contribution in [0.5, 0.6) is 0 Å². The number of rotatable bonds is 6. The third kappa shape index (κ3) is 4.27. The van der Waals surface area contributed by atoms with Gasteiger partial charge in [-0.15, -0.1) is 0 Å². The van der Waals surface area contributed by atoms with E-state index in [1.54, 1.807) is 18.2 Å². The molecule has 0 spiro atoms. The molecule has 1 N–H and O–H groups in total. The second-order valence-corrected chi connectivity index (χ2v) is 8.88. The number of ether oxygens (including phenoxy) is 1. The first kappa shape index (κ1) is 22.8. The molecule has 1 unspecified atom stereocenters. The summed E-state index contributed by atoms with van der Waals surface area (Å²) in [6, 6.07) is 9.01. The van der Waals surface area contributed by atoms with Crippen LogP contribution in [-0.4, -0.2) is 27.2 Å². The van der Waals surface area contributed by atoms with Crippen LogP contribution in [0, 0.1) is 0 Å². The number of aliphatic hydroxyl groups excluding tert-OH is 1. The summed E-state index contributed by atoms with van der Waals surface area (Å²) in [7, 11) is 0. The predicted octanol–water partition coefficient (Wildman–Crippen LogP) is 6.99. The normalized spacial score (nSPS) is 14.3. The van der Waals surface area contributed by atoms with E-state index in [1.165, 1.54) is 0 Å². The van der Waals surface area contributed by atoms with Gasteiger partial charge < -0.3 is 19.3 Å². The molecule has 0 fully saturated rings. The van der Waals surface area contributed by atoms with E-state index in [-0.39, 0.29) is 12.2 Å². The Morgan fingerprint density at radius 2 is 2.00 bits per heavy atom. The van der Waals surface area contributed by atoms with Crippen LogP contribution in [-0.2, 0) is 16.1 Å². The van der Waals surface area contributed by atoms with Gasteiger partial charge in [0, 0.05) is 23.7 Å². The molecule has 2 aromatic carbocycles. The van der Waals surface area contributed by atoms with Crippen molar-refractivity contribution >= 4 is 63.4 Å². The average Bonchev–Trinajstić information content (AvgIpc) is 3.13. The number of fused-ring (bicyclic) bond motifs is 3. The van der Waals surface area contributed by atoms with Crippen molar-refractivity contribution in [2.75, 3.05) is 11.4 Å². The molecule has 0 radical (unpaired) electrons. The lowest BCUT2D eigenvalue weighted by Gasteiger charge is -2.30. The standard InChI is InChI=1S/C23H22Cl3N3O3/c1-3-19(32-20(31)11-13(2)30)15-6-7-16(25)21-22(15)29-10-4-9-28(23(29)27-21)18-8-5-14(24)12-17(18)26/h5-8,12,19,30H,2-4,9-11H2,1H3. The number of hydrogen-bond donors (Lipinski definition) is 1. The van der Waals surface area contributed by atoms with Gasteiger partial charge in [0.25, 0.3) is 0 Å². The highest BCUT2D eigenvalue weighted by Crippen LogP contribution is 2.41. The Kier molecular flexibility index (Phi) is 6.56. The van der Waals surface area contributed by atoms with E-state index < -0.39 is 12.1 Å². The second-order valence-electron chi connectivity index (χ2n) is 7.63. The highest BCUT2D eigenvalue weighted by molar-refractivity contribution is 6.36. The molecule has 0 saturated carbocycles. The van der Waals surface area contributed by atoms with Crippen molar-refractivity contribution in [2.24, 2.45) is 0 Å². The molecule has 9 heteroatoms. The number of imidazole rings is 1. The minimum absolute atomic E-state index is 0.233. The quantitative estimate of drug-likeness (QED) is 0.295. The van der Waals surface area contributed by atoms with Crippen molar-refractivity contribution in [2.45, 2.75) is 38.8 Å². The van der Waals surface area contributed by atoms with E-state index in [0.717, 1.165) is 42.2 Å². The van der Waals surface area contributed by atoms with Gasteiger partial charge in [-0.2, -0.15) is 0 Å². The zero-order valence-electron chi connectivity index (χ0n) is 17.4. The summed E-state index contributed by atoms with van der Waals surface area (Å²) in [6.07, 6.45) is 0.648. The van der Waals surface area contributed by atoms with Crippen LogP contribution < -0.4 is 4.90 Å². The zero-order chi connectivity index (χ0) is 23.0. The number of aliphatic hydroxyl groups is 1. The fourth-order valence-corrected chi connectivity index (χ4v) is 4.75. The highest BCUT2D eigenvalue weighted by Gasteiger charge is 2.29. The third-order valence-electron chi connectivity index (χ3n) is 5.40. The Bertz CT molecular complexity index is 1210. The molecule has 1 aromatic heterocycles. The summed E-state index contributed by atoms with van der Waals surface area (Å²) in [5.41, 5.74) is 3.08. The summed E-state index contributed by atoms with van der Waals surface area (Å²) < 4.78 is 7.75. The first-order valence-corrected chi connectivity index (χ1v) is 11.4. The molecular weight excluding hydrogens is 473 g/mol. The Balaban J connectivity index is 1.83. The van der Waals surface area contributed by atoms with Crippen molar-refractivity contribution in [3.8, 4) is 0 Å². The molecule has 6 nitrogen and oxygen atoms in total. The predicted molar refractivity (Wildman–Crippen MR) is 128 cm³/mol. The largest absolute Gasteiger partial charge is 0.512 e. The molecule has 0 aliphatic carbocycles. The van der Waals surface area contributed by atoms with E-state index in [9.17, 15) is 9.90 Å². The van der Waals surface area contributed by atoms with E-state index >= 15 is 0 Å². The second kappa shape index (κ2) is 9.22. The number of aromatic nitrogens is 2. The number of hydrogen-bond acceptors (Lipinski definition) is 5. The van der Waals surface area contributed by atoms with E-state index in [1.807, 2.05) is 24.0 Å². The third-order valence-corrected chi connectivity index (χ3v) is 6.24. The molecule has 1 atom stereocenters. The summed E-state index contributed by atoms with van der Waals surface area (Å²) >= 11 is 19.1. The van der Waals surface area contributed by atoms with Crippen molar-refractivity contribution in [1.82, 2.24) is 9.55 Å². The van der Waals surface area contributed by atoms with Crippen LogP contribution in [0.2, 0.25) is 15.1 Å². The summed E-state index contributed by atoms with van der Waals surface area (Å²) in [4.78, 5) is 19.1. The molecule has 2 heterocycles. The van der Waals surface area contributed by atoms with Crippen molar-refractivity contribution in [3.05, 3.63) is 63.3 Å². The van der Waals surface area contributed by atoms with Crippen molar-refractivity contribution in [3.63, 3.8) is 0 Å². The van der Waals surface area contributed by atoms with Gasteiger partial charge in [0.1, 0.15) is 18.0 Å². The van der Waals surface area contributed by atoms with Crippen LogP contribution in [0.15, 0.2) is 42.7 Å². The van der Waals surface area contributed by atoms with Crippen LogP contribution in [0.4, 0.5) is 11.6 Å². The first-order valence-electron chi connectivity index (χ1n) is 10.3. The molecule has 168 valence electrons. The molecule has 32 heavy (non-hydrogen) atoms. The number of carbonyl (C=O) groups excluding carboxylic acids is 1. The van der Waals surface area contributed by atoms with E-state index in [2.05, 4.69) is 11.1 Å². The number of aryl methyl sites for hydroxylation is 1. The van der Waals surface area contributed by atoms with Crippen molar-refractivity contribution in [1.29, 1.82) is 0 Å². The van der Waals surface area contributed by atoms with Gasteiger partial charge in [0.2, 0.25) is 5.95 Å². The van der Waals surface area contributed by atoms with E-state index in [4.69, 9.17) is 44.5 Å². The van der Waals surface area contributed by atoms with Gasteiger partial charge in [0.05, 0.1) is 27.0 Å². The molecule has 0 bridgehead atoms. The monoisotopic (exact) mass is 493 g/mol. The number of anilines is 2. The number of esters is 1. The molecule has 1 aliphatic heterocycles. The minimum Gasteiger partial charge on any atom is -0.512 e. The summed E-state index contributed by atoms with van der Waals surface area (Å²) in [5, 5.41) is 10.9. The molecule has 4 rings (SSSR count). The van der Waals surface area contributed by atoms with Gasteiger partial charge in [-0.05, 0) is 37.1 Å². The van der Waals surface area contributed by atoms with Crippen LogP contribution >= 0.6 is 34.8 Å². The Labute approximate surface area is 201 Å². The Morgan fingerprint density at radius 3 is 2.69 bits per heavy atom. The fraction of sp³-hybridized carbons (Fsp3) is 0.304. The van der Waals surface area contributed by atoms with E-state index in [0.29, 0.717) is 27.0 Å².